The summed E-state index contributed by atoms with van der Waals surface area (Å²) in [6.07, 6.45) is -2.68. The highest BCUT2D eigenvalue weighted by molar-refractivity contribution is 5.94. The third-order valence-corrected chi connectivity index (χ3v) is 3.91. The molecule has 0 radical (unpaired) electrons. The van der Waals surface area contributed by atoms with Crippen LogP contribution >= 0.6 is 0 Å². The minimum atomic E-state index is -4.39. The Morgan fingerprint density at radius 3 is 2.41 bits per heavy atom. The molecule has 1 amide bonds. The zero-order chi connectivity index (χ0) is 15.7. The number of aryl methyl sites for hydroxylation is 1. The van der Waals surface area contributed by atoms with Crippen LogP contribution in [0.3, 0.4) is 0 Å². The quantitative estimate of drug-likeness (QED) is 0.888. The average molecular weight is 305 g/mol. The van der Waals surface area contributed by atoms with E-state index in [2.05, 4.69) is 5.32 Å². The maximum absolute atomic E-state index is 12.5. The molecule has 0 heterocycles. The molecule has 2 nitrogen and oxygen atoms in total. The molecule has 114 valence electrons. The van der Waals surface area contributed by atoms with E-state index in [1.54, 1.807) is 0 Å². The Morgan fingerprint density at radius 2 is 1.73 bits per heavy atom. The van der Waals surface area contributed by atoms with Gasteiger partial charge in [0.25, 0.3) is 5.91 Å². The summed E-state index contributed by atoms with van der Waals surface area (Å²) in [5.41, 5.74) is 1.77. The van der Waals surface area contributed by atoms with Crippen LogP contribution in [0.1, 0.15) is 39.5 Å². The number of carbonyl (C=O) groups excluding carboxylic acids is 1. The summed E-state index contributed by atoms with van der Waals surface area (Å²) in [5, 5.41) is 2.89. The SMILES string of the molecule is O=C(N[C@@H]1CCc2ccccc21)c1ccc(C(F)(F)F)cc1. The molecule has 1 atom stereocenters. The van der Waals surface area contributed by atoms with Crippen molar-refractivity contribution in [2.45, 2.75) is 25.1 Å². The molecule has 0 saturated carbocycles. The minimum Gasteiger partial charge on any atom is -0.345 e. The van der Waals surface area contributed by atoms with Crippen LogP contribution in [-0.2, 0) is 12.6 Å². The molecule has 2 aromatic carbocycles. The van der Waals surface area contributed by atoms with E-state index in [1.165, 1.54) is 17.7 Å². The molecule has 0 unspecified atom stereocenters. The van der Waals surface area contributed by atoms with E-state index in [0.29, 0.717) is 0 Å². The first kappa shape index (κ1) is 14.6. The van der Waals surface area contributed by atoms with Gasteiger partial charge < -0.3 is 5.32 Å². The number of amides is 1. The zero-order valence-electron chi connectivity index (χ0n) is 11.7. The molecule has 1 N–H and O–H groups in total. The van der Waals surface area contributed by atoms with Crippen LogP contribution in [0.4, 0.5) is 13.2 Å². The van der Waals surface area contributed by atoms with Crippen molar-refractivity contribution in [3.8, 4) is 0 Å². The fourth-order valence-electron chi connectivity index (χ4n) is 2.76. The standard InChI is InChI=1S/C17H14F3NO/c18-17(19,20)13-8-5-12(6-9-13)16(22)21-15-10-7-11-3-1-2-4-14(11)15/h1-6,8-9,15H,7,10H2,(H,21,22)/t15-/m1/s1. The molecule has 5 heteroatoms. The Bertz CT molecular complexity index is 692. The Kier molecular flexibility index (Phi) is 3.64. The predicted molar refractivity (Wildman–Crippen MR) is 76.4 cm³/mol. The number of alkyl halides is 3. The van der Waals surface area contributed by atoms with E-state index in [9.17, 15) is 18.0 Å². The molecular formula is C17H14F3NO. The highest BCUT2D eigenvalue weighted by atomic mass is 19.4. The Balaban J connectivity index is 1.73. The maximum Gasteiger partial charge on any atom is 0.416 e. The van der Waals surface area contributed by atoms with Gasteiger partial charge in [0.05, 0.1) is 11.6 Å². The molecule has 0 spiro atoms. The van der Waals surface area contributed by atoms with Crippen LogP contribution in [0.25, 0.3) is 0 Å². The fraction of sp³-hybridized carbons (Fsp3) is 0.235. The number of hydrogen-bond acceptors (Lipinski definition) is 1. The molecule has 0 saturated heterocycles. The molecule has 0 fully saturated rings. The Labute approximate surface area is 126 Å². The van der Waals surface area contributed by atoms with Gasteiger partial charge in [-0.2, -0.15) is 13.2 Å². The molecular weight excluding hydrogens is 291 g/mol. The van der Waals surface area contributed by atoms with Gasteiger partial charge in [-0.05, 0) is 48.2 Å². The third kappa shape index (κ3) is 2.84. The van der Waals surface area contributed by atoms with E-state index < -0.39 is 11.7 Å². The molecule has 1 aliphatic carbocycles. The highest BCUT2D eigenvalue weighted by Gasteiger charge is 2.30. The fourth-order valence-corrected chi connectivity index (χ4v) is 2.76. The van der Waals surface area contributed by atoms with Gasteiger partial charge in [-0.25, -0.2) is 0 Å². The van der Waals surface area contributed by atoms with Crippen molar-refractivity contribution in [3.63, 3.8) is 0 Å². The lowest BCUT2D eigenvalue weighted by molar-refractivity contribution is -0.137. The average Bonchev–Trinajstić information content (AvgIpc) is 2.90. The van der Waals surface area contributed by atoms with Crippen LogP contribution < -0.4 is 5.32 Å². The van der Waals surface area contributed by atoms with Crippen LogP contribution in [0.2, 0.25) is 0 Å². The number of fused-ring (bicyclic) bond motifs is 1. The number of benzene rings is 2. The van der Waals surface area contributed by atoms with Crippen molar-refractivity contribution in [2.75, 3.05) is 0 Å². The maximum atomic E-state index is 12.5. The van der Waals surface area contributed by atoms with Gasteiger partial charge in [-0.3, -0.25) is 4.79 Å². The second-order valence-electron chi connectivity index (χ2n) is 5.34. The molecule has 2 aromatic rings. The monoisotopic (exact) mass is 305 g/mol. The first-order chi connectivity index (χ1) is 10.4. The number of carbonyl (C=O) groups is 1. The van der Waals surface area contributed by atoms with Crippen molar-refractivity contribution < 1.29 is 18.0 Å². The smallest absolute Gasteiger partial charge is 0.345 e. The zero-order valence-corrected chi connectivity index (χ0v) is 11.7. The molecule has 3 rings (SSSR count). The van der Waals surface area contributed by atoms with Gasteiger partial charge in [0.1, 0.15) is 0 Å². The van der Waals surface area contributed by atoms with Gasteiger partial charge in [0.2, 0.25) is 0 Å². The summed E-state index contributed by atoms with van der Waals surface area (Å²) in [4.78, 5) is 12.2. The number of nitrogens with one attached hydrogen (secondary N) is 1. The summed E-state index contributed by atoms with van der Waals surface area (Å²) in [5.74, 6) is -0.351. The van der Waals surface area contributed by atoms with E-state index in [-0.39, 0.29) is 17.5 Å². The van der Waals surface area contributed by atoms with E-state index in [4.69, 9.17) is 0 Å². The third-order valence-electron chi connectivity index (χ3n) is 3.91. The van der Waals surface area contributed by atoms with Crippen molar-refractivity contribution >= 4 is 5.91 Å². The Morgan fingerprint density at radius 1 is 1.05 bits per heavy atom. The lowest BCUT2D eigenvalue weighted by atomic mass is 10.1. The first-order valence-corrected chi connectivity index (χ1v) is 7.01. The van der Waals surface area contributed by atoms with Crippen LogP contribution in [0.15, 0.2) is 48.5 Å². The number of rotatable bonds is 2. The normalized spacial score (nSPS) is 17.1. The van der Waals surface area contributed by atoms with Crippen molar-refractivity contribution in [1.29, 1.82) is 0 Å². The van der Waals surface area contributed by atoms with Gasteiger partial charge in [-0.1, -0.05) is 24.3 Å². The number of hydrogen-bond donors (Lipinski definition) is 1. The van der Waals surface area contributed by atoms with E-state index in [1.807, 2.05) is 24.3 Å². The summed E-state index contributed by atoms with van der Waals surface area (Å²) >= 11 is 0. The first-order valence-electron chi connectivity index (χ1n) is 7.01. The van der Waals surface area contributed by atoms with Gasteiger partial charge in [-0.15, -0.1) is 0 Å². The molecule has 22 heavy (non-hydrogen) atoms. The summed E-state index contributed by atoms with van der Waals surface area (Å²) in [6, 6.07) is 12.1. The topological polar surface area (TPSA) is 29.1 Å². The predicted octanol–water partition coefficient (Wildman–Crippen LogP) is 4.12. The Hall–Kier alpha value is -2.30. The van der Waals surface area contributed by atoms with Crippen LogP contribution in [0.5, 0.6) is 0 Å². The lowest BCUT2D eigenvalue weighted by Gasteiger charge is -2.14. The van der Waals surface area contributed by atoms with Crippen molar-refractivity contribution in [1.82, 2.24) is 5.32 Å². The molecule has 0 aliphatic heterocycles. The minimum absolute atomic E-state index is 0.0778. The van der Waals surface area contributed by atoms with Gasteiger partial charge >= 0.3 is 6.18 Å². The van der Waals surface area contributed by atoms with Gasteiger partial charge in [0.15, 0.2) is 0 Å². The molecule has 1 aliphatic rings. The van der Waals surface area contributed by atoms with Crippen molar-refractivity contribution in [3.05, 3.63) is 70.8 Å². The summed E-state index contributed by atoms with van der Waals surface area (Å²) in [6.45, 7) is 0. The largest absolute Gasteiger partial charge is 0.416 e. The molecule has 0 aromatic heterocycles. The molecule has 0 bridgehead atoms. The van der Waals surface area contributed by atoms with E-state index in [0.717, 1.165) is 30.5 Å². The number of halogens is 3. The highest BCUT2D eigenvalue weighted by Crippen LogP contribution is 2.31. The lowest BCUT2D eigenvalue weighted by Crippen LogP contribution is -2.27. The second kappa shape index (κ2) is 5.48. The second-order valence-corrected chi connectivity index (χ2v) is 5.34. The van der Waals surface area contributed by atoms with E-state index >= 15 is 0 Å². The summed E-state index contributed by atoms with van der Waals surface area (Å²) in [7, 11) is 0. The van der Waals surface area contributed by atoms with Crippen LogP contribution in [0, 0.1) is 0 Å². The van der Waals surface area contributed by atoms with Gasteiger partial charge in [0, 0.05) is 5.56 Å². The summed E-state index contributed by atoms with van der Waals surface area (Å²) < 4.78 is 37.5. The van der Waals surface area contributed by atoms with Crippen molar-refractivity contribution in [2.24, 2.45) is 0 Å². The van der Waals surface area contributed by atoms with Crippen LogP contribution in [-0.4, -0.2) is 5.91 Å².